The van der Waals surface area contributed by atoms with Gasteiger partial charge in [0, 0.05) is 5.69 Å². The van der Waals surface area contributed by atoms with E-state index in [2.05, 4.69) is 20.6 Å². The largest absolute Gasteiger partial charge is 0.320 e. The molecule has 0 aliphatic heterocycles. The zero-order valence-corrected chi connectivity index (χ0v) is 10.7. The van der Waals surface area contributed by atoms with Gasteiger partial charge < -0.3 is 5.32 Å². The number of fused-ring (bicyclic) bond motifs is 1. The summed E-state index contributed by atoms with van der Waals surface area (Å²) in [6.07, 6.45) is 1.40. The summed E-state index contributed by atoms with van der Waals surface area (Å²) in [5, 5.41) is 14.2. The zero-order chi connectivity index (χ0) is 13.4. The van der Waals surface area contributed by atoms with Gasteiger partial charge in [0.15, 0.2) is 0 Å². The molecule has 0 bridgehead atoms. The molecule has 2 aromatic heterocycles. The minimum Gasteiger partial charge on any atom is -0.320 e. The summed E-state index contributed by atoms with van der Waals surface area (Å²) in [5.74, 6) is -0.961. The van der Waals surface area contributed by atoms with Crippen molar-refractivity contribution < 1.29 is 9.18 Å². The monoisotopic (exact) mass is 297 g/mol. The van der Waals surface area contributed by atoms with Crippen LogP contribution in [0.5, 0.6) is 0 Å². The first-order valence-corrected chi connectivity index (χ1v) is 6.26. The fraction of sp³-hybridized carbons (Fsp3) is 0. The van der Waals surface area contributed by atoms with Gasteiger partial charge in [0.1, 0.15) is 12.1 Å². The van der Waals surface area contributed by atoms with Gasteiger partial charge in [0.25, 0.3) is 5.91 Å². The smallest absolute Gasteiger partial charge is 0.286 e. The molecular weight excluding hydrogens is 293 g/mol. The van der Waals surface area contributed by atoms with Gasteiger partial charge in [-0.3, -0.25) is 4.79 Å². The fourth-order valence-corrected chi connectivity index (χ4v) is 2.31. The Balaban J connectivity index is 1.84. The number of nitrogens with one attached hydrogen (secondary N) is 1. The molecule has 96 valence electrons. The summed E-state index contributed by atoms with van der Waals surface area (Å²) in [7, 11) is 0. The average molecular weight is 298 g/mol. The molecule has 19 heavy (non-hydrogen) atoms. The Morgan fingerprint density at radius 1 is 1.47 bits per heavy atom. The molecule has 9 heteroatoms. The molecule has 6 nitrogen and oxygen atoms in total. The van der Waals surface area contributed by atoms with Crippen LogP contribution < -0.4 is 5.32 Å². The van der Waals surface area contributed by atoms with Gasteiger partial charge in [-0.25, -0.2) is 4.39 Å². The molecule has 0 saturated heterocycles. The van der Waals surface area contributed by atoms with Crippen molar-refractivity contribution in [1.29, 1.82) is 0 Å². The zero-order valence-electron chi connectivity index (χ0n) is 9.17. The number of benzene rings is 1. The van der Waals surface area contributed by atoms with Gasteiger partial charge in [-0.1, -0.05) is 22.9 Å². The molecule has 3 aromatic rings. The SMILES string of the molecule is O=C(Nc1ccc(F)c(Cl)c1)c1nn2cnnc2s1. The first kappa shape index (κ1) is 12.0. The number of halogens is 2. The lowest BCUT2D eigenvalue weighted by atomic mass is 10.3. The van der Waals surface area contributed by atoms with Crippen LogP contribution in [-0.4, -0.2) is 25.7 Å². The lowest BCUT2D eigenvalue weighted by Crippen LogP contribution is -2.12. The molecule has 0 radical (unpaired) electrons. The Morgan fingerprint density at radius 3 is 3.05 bits per heavy atom. The minimum atomic E-state index is -0.543. The maximum absolute atomic E-state index is 13.0. The number of aromatic nitrogens is 4. The number of nitrogens with zero attached hydrogens (tertiary/aromatic N) is 4. The highest BCUT2D eigenvalue weighted by molar-refractivity contribution is 7.18. The maximum Gasteiger partial charge on any atom is 0.286 e. The number of rotatable bonds is 2. The van der Waals surface area contributed by atoms with Crippen LogP contribution in [0.4, 0.5) is 10.1 Å². The fourth-order valence-electron chi connectivity index (χ4n) is 1.41. The van der Waals surface area contributed by atoms with Crippen molar-refractivity contribution in [1.82, 2.24) is 19.8 Å². The van der Waals surface area contributed by atoms with Crippen molar-refractivity contribution in [2.24, 2.45) is 0 Å². The molecule has 0 spiro atoms. The quantitative estimate of drug-likeness (QED) is 0.787. The van der Waals surface area contributed by atoms with Crippen LogP contribution >= 0.6 is 22.9 Å². The van der Waals surface area contributed by atoms with Crippen molar-refractivity contribution in [3.63, 3.8) is 0 Å². The molecular formula is C10H5ClFN5OS. The van der Waals surface area contributed by atoms with Crippen LogP contribution in [0.2, 0.25) is 5.02 Å². The number of hydrogen-bond acceptors (Lipinski definition) is 5. The Kier molecular flexibility index (Phi) is 2.88. The standard InChI is InChI=1S/C10H5ClFN5OS/c11-6-3-5(1-2-7(6)12)14-8(18)9-16-17-4-13-15-10(17)19-9/h1-4H,(H,14,18). The van der Waals surface area contributed by atoms with E-state index in [-0.39, 0.29) is 10.0 Å². The van der Waals surface area contributed by atoms with Crippen LogP contribution in [0.1, 0.15) is 9.80 Å². The number of anilines is 1. The van der Waals surface area contributed by atoms with Crippen LogP contribution in [0.25, 0.3) is 4.96 Å². The molecule has 3 rings (SSSR count). The van der Waals surface area contributed by atoms with Crippen molar-refractivity contribution in [3.8, 4) is 0 Å². The van der Waals surface area contributed by atoms with E-state index in [1.807, 2.05) is 0 Å². The number of amides is 1. The first-order valence-electron chi connectivity index (χ1n) is 5.07. The molecule has 0 saturated carbocycles. The van der Waals surface area contributed by atoms with Crippen LogP contribution in [-0.2, 0) is 0 Å². The summed E-state index contributed by atoms with van der Waals surface area (Å²) >= 11 is 6.73. The second-order valence-electron chi connectivity index (χ2n) is 3.55. The molecule has 2 heterocycles. The molecule has 0 atom stereocenters. The predicted octanol–water partition coefficient (Wildman–Crippen LogP) is 2.23. The highest BCUT2D eigenvalue weighted by Gasteiger charge is 2.14. The predicted molar refractivity (Wildman–Crippen MR) is 68.0 cm³/mol. The van der Waals surface area contributed by atoms with Gasteiger partial charge in [-0.15, -0.1) is 15.3 Å². The molecule has 1 N–H and O–H groups in total. The third kappa shape index (κ3) is 2.27. The van der Waals surface area contributed by atoms with Crippen LogP contribution in [0.15, 0.2) is 24.5 Å². The summed E-state index contributed by atoms with van der Waals surface area (Å²) in [5.41, 5.74) is 0.391. The third-order valence-corrected chi connectivity index (χ3v) is 3.46. The Hall–Kier alpha value is -2.06. The normalized spacial score (nSPS) is 10.8. The molecule has 0 aliphatic carbocycles. The Labute approximate surface area is 114 Å². The van der Waals surface area contributed by atoms with Crippen LogP contribution in [0.3, 0.4) is 0 Å². The van der Waals surface area contributed by atoms with Crippen molar-refractivity contribution in [2.75, 3.05) is 5.32 Å². The van der Waals surface area contributed by atoms with Crippen LogP contribution in [0, 0.1) is 5.82 Å². The second-order valence-corrected chi connectivity index (χ2v) is 4.91. The van der Waals surface area contributed by atoms with Gasteiger partial charge >= 0.3 is 0 Å². The summed E-state index contributed by atoms with van der Waals surface area (Å²) in [6, 6.07) is 3.92. The molecule has 1 aromatic carbocycles. The van der Waals surface area contributed by atoms with E-state index in [4.69, 9.17) is 11.6 Å². The van der Waals surface area contributed by atoms with E-state index in [0.29, 0.717) is 10.6 Å². The summed E-state index contributed by atoms with van der Waals surface area (Å²) < 4.78 is 14.4. The van der Waals surface area contributed by atoms with Crippen molar-refractivity contribution in [3.05, 3.63) is 40.4 Å². The average Bonchev–Trinajstić information content (AvgIpc) is 2.94. The van der Waals surface area contributed by atoms with Crippen molar-refractivity contribution >= 4 is 39.5 Å². The van der Waals surface area contributed by atoms with Gasteiger partial charge in [0.2, 0.25) is 9.97 Å². The number of carbonyl (C=O) groups excluding carboxylic acids is 1. The van der Waals surface area contributed by atoms with Gasteiger partial charge in [-0.2, -0.15) is 4.52 Å². The lowest BCUT2D eigenvalue weighted by Gasteiger charge is -2.03. The maximum atomic E-state index is 13.0. The van der Waals surface area contributed by atoms with Gasteiger partial charge in [0.05, 0.1) is 5.02 Å². The highest BCUT2D eigenvalue weighted by Crippen LogP contribution is 2.20. The van der Waals surface area contributed by atoms with Gasteiger partial charge in [-0.05, 0) is 18.2 Å². The Morgan fingerprint density at radius 2 is 2.32 bits per heavy atom. The highest BCUT2D eigenvalue weighted by atomic mass is 35.5. The Bertz CT molecular complexity index is 742. The van der Waals surface area contributed by atoms with E-state index in [1.165, 1.54) is 29.0 Å². The summed E-state index contributed by atoms with van der Waals surface area (Å²) in [6.45, 7) is 0. The van der Waals surface area contributed by atoms with E-state index in [9.17, 15) is 9.18 Å². The summed E-state index contributed by atoms with van der Waals surface area (Å²) in [4.78, 5) is 12.4. The number of carbonyl (C=O) groups is 1. The number of hydrogen-bond donors (Lipinski definition) is 1. The molecule has 0 aliphatic rings. The van der Waals surface area contributed by atoms with E-state index >= 15 is 0 Å². The minimum absolute atomic E-state index is 0.0593. The van der Waals surface area contributed by atoms with E-state index in [0.717, 1.165) is 11.3 Å². The molecule has 0 fully saturated rings. The molecule has 0 unspecified atom stereocenters. The first-order chi connectivity index (χ1) is 9.13. The third-order valence-electron chi connectivity index (χ3n) is 2.26. The topological polar surface area (TPSA) is 72.2 Å². The lowest BCUT2D eigenvalue weighted by molar-refractivity contribution is 0.102. The second kappa shape index (κ2) is 4.56. The van der Waals surface area contributed by atoms with Crippen molar-refractivity contribution in [2.45, 2.75) is 0 Å². The van der Waals surface area contributed by atoms with E-state index in [1.54, 1.807) is 0 Å². The molecule has 1 amide bonds. The van der Waals surface area contributed by atoms with E-state index < -0.39 is 11.7 Å².